The largest absolute Gasteiger partial charge is 0.495 e. The van der Waals surface area contributed by atoms with Gasteiger partial charge in [-0.05, 0) is 65.8 Å². The van der Waals surface area contributed by atoms with Crippen LogP contribution in [0.15, 0.2) is 53.6 Å². The first kappa shape index (κ1) is 21.4. The van der Waals surface area contributed by atoms with Gasteiger partial charge >= 0.3 is 0 Å². The number of carbonyl (C=O) groups excluding carboxylic acids is 1. The minimum atomic E-state index is -0.228. The summed E-state index contributed by atoms with van der Waals surface area (Å²) in [6.45, 7) is 8.72. The van der Waals surface area contributed by atoms with Crippen molar-refractivity contribution in [3.05, 3.63) is 70.8 Å². The van der Waals surface area contributed by atoms with Gasteiger partial charge in [0, 0.05) is 5.56 Å². The predicted molar refractivity (Wildman–Crippen MR) is 124 cm³/mol. The molecule has 0 bridgehead atoms. The zero-order valence-electron chi connectivity index (χ0n) is 18.2. The van der Waals surface area contributed by atoms with Crippen LogP contribution in [0.2, 0.25) is 0 Å². The number of nitrogens with zero attached hydrogens (tertiary/aromatic N) is 1. The van der Waals surface area contributed by atoms with Gasteiger partial charge in [0.15, 0.2) is 0 Å². The molecule has 156 valence electrons. The standard InChI is InChI=1S/C25H29N3O2/c1-16(2)19-11-10-17(3)25-20(12-18(4)21(25)13-19)14-27-28-24(29)15-26-22-8-6-7-9-23(22)30-5/h6-14,16,26H,15H2,1-5H3,(H,28,29)/b27-14+. The van der Waals surface area contributed by atoms with E-state index in [0.717, 1.165) is 11.3 Å². The van der Waals surface area contributed by atoms with Gasteiger partial charge in [-0.25, -0.2) is 5.43 Å². The van der Waals surface area contributed by atoms with Crippen LogP contribution in [0.5, 0.6) is 5.75 Å². The number of hydrogen-bond donors (Lipinski definition) is 2. The third-order valence-electron chi connectivity index (χ3n) is 5.19. The van der Waals surface area contributed by atoms with E-state index in [1.54, 1.807) is 13.3 Å². The number of ether oxygens (including phenoxy) is 1. The molecule has 3 rings (SSSR count). The quantitative estimate of drug-likeness (QED) is 0.426. The third-order valence-corrected chi connectivity index (χ3v) is 5.19. The summed E-state index contributed by atoms with van der Waals surface area (Å²) < 4.78 is 5.28. The van der Waals surface area contributed by atoms with Gasteiger partial charge < -0.3 is 10.1 Å². The van der Waals surface area contributed by atoms with Crippen molar-refractivity contribution in [3.63, 3.8) is 0 Å². The van der Waals surface area contributed by atoms with Crippen LogP contribution in [0.25, 0.3) is 11.1 Å². The Morgan fingerprint density at radius 1 is 1.10 bits per heavy atom. The highest BCUT2D eigenvalue weighted by molar-refractivity contribution is 5.96. The van der Waals surface area contributed by atoms with Crippen molar-refractivity contribution in [1.29, 1.82) is 0 Å². The molecule has 0 saturated heterocycles. The van der Waals surface area contributed by atoms with Gasteiger partial charge in [-0.15, -0.1) is 0 Å². The molecule has 2 aliphatic carbocycles. The van der Waals surface area contributed by atoms with Crippen molar-refractivity contribution in [2.45, 2.75) is 33.6 Å². The van der Waals surface area contributed by atoms with Gasteiger partial charge in [0.25, 0.3) is 5.91 Å². The van der Waals surface area contributed by atoms with E-state index in [-0.39, 0.29) is 12.5 Å². The molecule has 0 unspecified atom stereocenters. The third kappa shape index (κ3) is 4.79. The Hall–Kier alpha value is -3.34. The molecule has 2 aliphatic rings. The van der Waals surface area contributed by atoms with E-state index in [1.807, 2.05) is 24.3 Å². The first-order chi connectivity index (χ1) is 14.4. The zero-order chi connectivity index (χ0) is 21.7. The second kappa shape index (κ2) is 9.44. The highest BCUT2D eigenvalue weighted by Gasteiger charge is 2.15. The monoisotopic (exact) mass is 403 g/mol. The topological polar surface area (TPSA) is 62.7 Å². The Kier molecular flexibility index (Phi) is 6.72. The smallest absolute Gasteiger partial charge is 0.259 e. The maximum Gasteiger partial charge on any atom is 0.259 e. The van der Waals surface area contributed by atoms with E-state index >= 15 is 0 Å². The van der Waals surface area contributed by atoms with Crippen molar-refractivity contribution in [1.82, 2.24) is 5.43 Å². The Bertz CT molecular complexity index is 1040. The van der Waals surface area contributed by atoms with E-state index in [0.29, 0.717) is 11.7 Å². The Labute approximate surface area is 178 Å². The van der Waals surface area contributed by atoms with Crippen LogP contribution < -0.4 is 15.5 Å². The van der Waals surface area contributed by atoms with E-state index in [1.165, 1.54) is 27.8 Å². The zero-order valence-corrected chi connectivity index (χ0v) is 18.2. The molecule has 2 N–H and O–H groups in total. The lowest BCUT2D eigenvalue weighted by Crippen LogP contribution is -2.26. The van der Waals surface area contributed by atoms with Crippen molar-refractivity contribution in [2.75, 3.05) is 19.0 Å². The van der Waals surface area contributed by atoms with Crippen LogP contribution in [0.1, 0.15) is 42.0 Å². The van der Waals surface area contributed by atoms with Gasteiger partial charge in [0.2, 0.25) is 0 Å². The van der Waals surface area contributed by atoms with E-state index < -0.39 is 0 Å². The maximum absolute atomic E-state index is 12.2. The number of para-hydroxylation sites is 2. The molecule has 1 aromatic rings. The average Bonchev–Trinajstić information content (AvgIpc) is 2.92. The number of rotatable bonds is 7. The van der Waals surface area contributed by atoms with Crippen molar-refractivity contribution in [2.24, 2.45) is 5.10 Å². The molecule has 5 heteroatoms. The van der Waals surface area contributed by atoms with Gasteiger partial charge in [-0.2, -0.15) is 5.10 Å². The molecule has 0 atom stereocenters. The van der Waals surface area contributed by atoms with Crippen molar-refractivity contribution < 1.29 is 9.53 Å². The molecule has 30 heavy (non-hydrogen) atoms. The Morgan fingerprint density at radius 3 is 2.60 bits per heavy atom. The fourth-order valence-corrected chi connectivity index (χ4v) is 3.52. The van der Waals surface area contributed by atoms with Gasteiger partial charge in [0.1, 0.15) is 5.75 Å². The summed E-state index contributed by atoms with van der Waals surface area (Å²) in [6.07, 6.45) is 1.72. The summed E-state index contributed by atoms with van der Waals surface area (Å²) in [5.41, 5.74) is 10.5. The highest BCUT2D eigenvalue weighted by atomic mass is 16.5. The first-order valence-electron chi connectivity index (χ1n) is 10.1. The normalized spacial score (nSPS) is 11.3. The number of benzene rings is 1. The lowest BCUT2D eigenvalue weighted by molar-refractivity contribution is -0.119. The number of hydrogen-bond acceptors (Lipinski definition) is 4. The van der Waals surface area contributed by atoms with Crippen molar-refractivity contribution >= 4 is 17.8 Å². The summed E-state index contributed by atoms with van der Waals surface area (Å²) in [5.74, 6) is 0.923. The number of nitrogens with one attached hydrogen (secondary N) is 2. The van der Waals surface area contributed by atoms with Gasteiger partial charge in [-0.3, -0.25) is 4.79 Å². The van der Waals surface area contributed by atoms with Crippen molar-refractivity contribution in [3.8, 4) is 16.9 Å². The Morgan fingerprint density at radius 2 is 1.87 bits per heavy atom. The molecule has 0 saturated carbocycles. The lowest BCUT2D eigenvalue weighted by atomic mass is 10.0. The number of aryl methyl sites for hydroxylation is 2. The molecule has 1 aromatic carbocycles. The molecule has 5 nitrogen and oxygen atoms in total. The molecule has 0 aromatic heterocycles. The molecule has 0 spiro atoms. The Balaban J connectivity index is 1.70. The molecule has 0 fully saturated rings. The number of carbonyl (C=O) groups is 1. The number of methoxy groups -OCH3 is 1. The van der Waals surface area contributed by atoms with E-state index in [9.17, 15) is 4.79 Å². The van der Waals surface area contributed by atoms with Gasteiger partial charge in [0.05, 0.1) is 25.6 Å². The summed E-state index contributed by atoms with van der Waals surface area (Å²) >= 11 is 0. The van der Waals surface area contributed by atoms with Crippen LogP contribution in [-0.4, -0.2) is 25.8 Å². The number of hydrazone groups is 1. The summed E-state index contributed by atoms with van der Waals surface area (Å²) in [4.78, 5) is 12.2. The highest BCUT2D eigenvalue weighted by Crippen LogP contribution is 2.35. The van der Waals surface area contributed by atoms with Crippen LogP contribution in [0, 0.1) is 13.8 Å². The van der Waals surface area contributed by atoms with Crippen LogP contribution in [0.3, 0.4) is 0 Å². The SMILES string of the molecule is COc1ccccc1NCC(=O)N/N=C/c1cc(C)c2cc(C(C)C)ccc(C)c1-2. The van der Waals surface area contributed by atoms with E-state index in [4.69, 9.17) is 4.74 Å². The van der Waals surface area contributed by atoms with E-state index in [2.05, 4.69) is 67.8 Å². The molecule has 0 heterocycles. The second-order valence-corrected chi connectivity index (χ2v) is 7.73. The van der Waals surface area contributed by atoms with Gasteiger partial charge in [-0.1, -0.05) is 44.2 Å². The minimum absolute atomic E-state index is 0.101. The number of amides is 1. The lowest BCUT2D eigenvalue weighted by Gasteiger charge is -2.09. The van der Waals surface area contributed by atoms with Crippen LogP contribution in [0.4, 0.5) is 5.69 Å². The van der Waals surface area contributed by atoms with Crippen LogP contribution in [-0.2, 0) is 4.79 Å². The second-order valence-electron chi connectivity index (χ2n) is 7.73. The predicted octanol–water partition coefficient (Wildman–Crippen LogP) is 5.10. The number of fused-ring (bicyclic) bond motifs is 1. The molecular weight excluding hydrogens is 374 g/mol. The summed E-state index contributed by atoms with van der Waals surface area (Å²) in [7, 11) is 1.60. The fourth-order valence-electron chi connectivity index (χ4n) is 3.52. The molecule has 0 aliphatic heterocycles. The average molecular weight is 404 g/mol. The summed E-state index contributed by atoms with van der Waals surface area (Å²) in [5, 5.41) is 7.25. The fraction of sp³-hybridized carbons (Fsp3) is 0.280. The minimum Gasteiger partial charge on any atom is -0.495 e. The molecule has 0 radical (unpaired) electrons. The number of anilines is 1. The maximum atomic E-state index is 12.2. The molecular formula is C25H29N3O2. The molecule has 1 amide bonds. The van der Waals surface area contributed by atoms with Crippen LogP contribution >= 0.6 is 0 Å². The first-order valence-corrected chi connectivity index (χ1v) is 10.1. The summed E-state index contributed by atoms with van der Waals surface area (Å²) in [6, 6.07) is 16.2.